The second kappa shape index (κ2) is 7.85. The van der Waals surface area contributed by atoms with Crippen LogP contribution in [0.15, 0.2) is 91.0 Å². The molecule has 0 aliphatic rings. The van der Waals surface area contributed by atoms with Crippen LogP contribution in [0.2, 0.25) is 0 Å². The van der Waals surface area contributed by atoms with E-state index in [-0.39, 0.29) is 0 Å². The lowest BCUT2D eigenvalue weighted by molar-refractivity contribution is 0.126. The molecule has 0 unspecified atom stereocenters. The zero-order valence-electron chi connectivity index (χ0n) is 18.0. The van der Waals surface area contributed by atoms with E-state index in [0.717, 1.165) is 38.8 Å². The number of rotatable bonds is 5. The van der Waals surface area contributed by atoms with E-state index >= 15 is 0 Å². The van der Waals surface area contributed by atoms with E-state index in [2.05, 4.69) is 54.2 Å². The van der Waals surface area contributed by atoms with Crippen LogP contribution in [0.1, 0.15) is 16.7 Å². The van der Waals surface area contributed by atoms with Crippen molar-refractivity contribution >= 4 is 22.1 Å². The molecule has 0 amide bonds. The van der Waals surface area contributed by atoms with E-state index in [1.165, 1.54) is 0 Å². The summed E-state index contributed by atoms with van der Waals surface area (Å²) in [5.74, 6) is 0. The summed E-state index contributed by atoms with van der Waals surface area (Å²) in [6.45, 7) is 0. The predicted molar refractivity (Wildman–Crippen MR) is 128 cm³/mol. The first-order chi connectivity index (χ1) is 14.4. The van der Waals surface area contributed by atoms with Crippen LogP contribution in [-0.4, -0.2) is 33.3 Å². The van der Waals surface area contributed by atoms with Crippen LogP contribution >= 0.6 is 0 Å². The zero-order valence-corrected chi connectivity index (χ0v) is 18.0. The van der Waals surface area contributed by atoms with Crippen molar-refractivity contribution in [3.05, 3.63) is 108 Å². The molecule has 0 atom stereocenters. The van der Waals surface area contributed by atoms with Crippen molar-refractivity contribution in [1.29, 1.82) is 0 Å². The van der Waals surface area contributed by atoms with Crippen LogP contribution in [0.25, 0.3) is 10.8 Å². The molecular weight excluding hydrogens is 368 g/mol. The molecule has 0 heterocycles. The Morgan fingerprint density at radius 3 is 1.67 bits per heavy atom. The van der Waals surface area contributed by atoms with Gasteiger partial charge in [-0.3, -0.25) is 0 Å². The topological polar surface area (TPSA) is 26.7 Å². The van der Waals surface area contributed by atoms with Gasteiger partial charge in [0.15, 0.2) is 0 Å². The lowest BCUT2D eigenvalue weighted by Crippen LogP contribution is -2.31. The standard InChI is InChI=1S/C27H28N2O/c1-28(2)24-17-11-12-20-18-19-23(26(25(20)24)29(3)4)27(30,21-13-7-5-8-14-21)22-15-9-6-10-16-22/h5-19,30H,1-4H3. The van der Waals surface area contributed by atoms with Gasteiger partial charge in [0, 0.05) is 44.8 Å². The monoisotopic (exact) mass is 396 g/mol. The molecule has 4 aromatic rings. The number of hydrogen-bond donors (Lipinski definition) is 1. The Morgan fingerprint density at radius 2 is 1.17 bits per heavy atom. The molecule has 152 valence electrons. The Morgan fingerprint density at radius 1 is 0.600 bits per heavy atom. The Hall–Kier alpha value is -3.30. The first kappa shape index (κ1) is 20.0. The highest BCUT2D eigenvalue weighted by Crippen LogP contribution is 2.45. The third-order valence-corrected chi connectivity index (χ3v) is 5.70. The maximum Gasteiger partial charge on any atom is 0.142 e. The molecule has 3 nitrogen and oxygen atoms in total. The maximum atomic E-state index is 12.4. The number of hydrogen-bond acceptors (Lipinski definition) is 3. The van der Waals surface area contributed by atoms with E-state index in [1.54, 1.807) is 0 Å². The van der Waals surface area contributed by atoms with Gasteiger partial charge < -0.3 is 14.9 Å². The van der Waals surface area contributed by atoms with Gasteiger partial charge in [-0.15, -0.1) is 0 Å². The minimum Gasteiger partial charge on any atom is -0.377 e. The van der Waals surface area contributed by atoms with E-state index in [1.807, 2.05) is 74.8 Å². The second-order valence-corrected chi connectivity index (χ2v) is 8.07. The molecule has 0 aromatic heterocycles. The average molecular weight is 397 g/mol. The summed E-state index contributed by atoms with van der Waals surface area (Å²) < 4.78 is 0. The fourth-order valence-electron chi connectivity index (χ4n) is 4.31. The normalized spacial score (nSPS) is 11.5. The molecule has 0 aliphatic heterocycles. The first-order valence-corrected chi connectivity index (χ1v) is 10.2. The molecular formula is C27H28N2O. The van der Waals surface area contributed by atoms with Crippen molar-refractivity contribution in [2.45, 2.75) is 5.60 Å². The van der Waals surface area contributed by atoms with Gasteiger partial charge >= 0.3 is 0 Å². The number of nitrogens with zero attached hydrogens (tertiary/aromatic N) is 2. The maximum absolute atomic E-state index is 12.4. The fraction of sp³-hybridized carbons (Fsp3) is 0.185. The van der Waals surface area contributed by atoms with Gasteiger partial charge in [-0.2, -0.15) is 0 Å². The minimum absolute atomic E-state index is 0.848. The van der Waals surface area contributed by atoms with E-state index in [9.17, 15) is 5.11 Å². The van der Waals surface area contributed by atoms with Gasteiger partial charge in [-0.05, 0) is 22.6 Å². The SMILES string of the molecule is CN(C)c1cccc2ccc(C(O)(c3ccccc3)c3ccccc3)c(N(C)C)c12. The summed E-state index contributed by atoms with van der Waals surface area (Å²) in [5.41, 5.74) is 3.43. The van der Waals surface area contributed by atoms with Crippen molar-refractivity contribution in [1.82, 2.24) is 0 Å². The van der Waals surface area contributed by atoms with Gasteiger partial charge in [-0.25, -0.2) is 0 Å². The van der Waals surface area contributed by atoms with Crippen molar-refractivity contribution in [2.24, 2.45) is 0 Å². The summed E-state index contributed by atoms with van der Waals surface area (Å²) in [6, 6.07) is 30.4. The van der Waals surface area contributed by atoms with Crippen LogP contribution in [0.5, 0.6) is 0 Å². The van der Waals surface area contributed by atoms with Crippen LogP contribution in [0.4, 0.5) is 11.4 Å². The van der Waals surface area contributed by atoms with Gasteiger partial charge in [0.05, 0.1) is 5.69 Å². The second-order valence-electron chi connectivity index (χ2n) is 8.07. The summed E-state index contributed by atoms with van der Waals surface area (Å²) in [6.07, 6.45) is 0. The van der Waals surface area contributed by atoms with Gasteiger partial charge in [0.1, 0.15) is 5.60 Å². The predicted octanol–water partition coefficient (Wildman–Crippen LogP) is 5.26. The molecule has 0 radical (unpaired) electrons. The van der Waals surface area contributed by atoms with Gasteiger partial charge in [-0.1, -0.05) is 84.9 Å². The molecule has 3 heteroatoms. The highest BCUT2D eigenvalue weighted by molar-refractivity contribution is 6.05. The molecule has 4 rings (SSSR count). The van der Waals surface area contributed by atoms with Gasteiger partial charge in [0.25, 0.3) is 0 Å². The van der Waals surface area contributed by atoms with Crippen LogP contribution in [0, 0.1) is 0 Å². The van der Waals surface area contributed by atoms with Gasteiger partial charge in [0.2, 0.25) is 0 Å². The molecule has 0 fully saturated rings. The third kappa shape index (κ3) is 3.21. The average Bonchev–Trinajstić information content (AvgIpc) is 2.78. The molecule has 0 bridgehead atoms. The lowest BCUT2D eigenvalue weighted by atomic mass is 9.78. The third-order valence-electron chi connectivity index (χ3n) is 5.70. The molecule has 1 N–H and O–H groups in total. The Bertz CT molecular complexity index is 1110. The summed E-state index contributed by atoms with van der Waals surface area (Å²) >= 11 is 0. The van der Waals surface area contributed by atoms with Crippen molar-refractivity contribution in [2.75, 3.05) is 38.0 Å². The van der Waals surface area contributed by atoms with Crippen molar-refractivity contribution in [3.63, 3.8) is 0 Å². The molecule has 0 saturated heterocycles. The molecule has 0 aliphatic carbocycles. The zero-order chi connectivity index (χ0) is 21.3. The highest BCUT2D eigenvalue weighted by Gasteiger charge is 2.37. The molecule has 4 aromatic carbocycles. The lowest BCUT2D eigenvalue weighted by Gasteiger charge is -2.35. The number of aliphatic hydroxyl groups is 1. The summed E-state index contributed by atoms with van der Waals surface area (Å²) in [4.78, 5) is 4.24. The fourth-order valence-corrected chi connectivity index (χ4v) is 4.31. The Balaban J connectivity index is 2.14. The number of fused-ring (bicyclic) bond motifs is 1. The van der Waals surface area contributed by atoms with Crippen molar-refractivity contribution in [3.8, 4) is 0 Å². The first-order valence-electron chi connectivity index (χ1n) is 10.2. The Labute approximate surface area is 178 Å². The number of anilines is 2. The molecule has 30 heavy (non-hydrogen) atoms. The molecule has 0 saturated carbocycles. The van der Waals surface area contributed by atoms with Crippen LogP contribution in [0.3, 0.4) is 0 Å². The highest BCUT2D eigenvalue weighted by atomic mass is 16.3. The molecule has 0 spiro atoms. The van der Waals surface area contributed by atoms with Crippen LogP contribution < -0.4 is 9.80 Å². The minimum atomic E-state index is -1.28. The smallest absolute Gasteiger partial charge is 0.142 e. The summed E-state index contributed by atoms with van der Waals surface area (Å²) in [7, 11) is 8.20. The van der Waals surface area contributed by atoms with Crippen LogP contribution in [-0.2, 0) is 5.60 Å². The largest absolute Gasteiger partial charge is 0.377 e. The van der Waals surface area contributed by atoms with E-state index < -0.39 is 5.60 Å². The Kier molecular flexibility index (Phi) is 5.23. The van der Waals surface area contributed by atoms with E-state index in [0.29, 0.717) is 0 Å². The quantitative estimate of drug-likeness (QED) is 0.466. The number of benzene rings is 4. The van der Waals surface area contributed by atoms with Crippen molar-refractivity contribution < 1.29 is 5.11 Å². The van der Waals surface area contributed by atoms with E-state index in [4.69, 9.17) is 0 Å². The summed E-state index contributed by atoms with van der Waals surface area (Å²) in [5, 5.41) is 14.7.